The van der Waals surface area contributed by atoms with Crippen molar-refractivity contribution < 1.29 is 5.11 Å². The number of anilines is 2. The van der Waals surface area contributed by atoms with Gasteiger partial charge in [-0.1, -0.05) is 30.3 Å². The Bertz CT molecular complexity index is 1000. The zero-order valence-electron chi connectivity index (χ0n) is 12.8. The largest absolute Gasteiger partial charge is 0.507 e. The fourth-order valence-corrected chi connectivity index (χ4v) is 2.70. The van der Waals surface area contributed by atoms with Gasteiger partial charge in [-0.05, 0) is 36.4 Å². The molecule has 0 amide bonds. The maximum atomic E-state index is 10.1. The van der Waals surface area contributed by atoms with Crippen LogP contribution in [0.15, 0.2) is 79.1 Å². The third kappa shape index (κ3) is 2.65. The van der Waals surface area contributed by atoms with Gasteiger partial charge < -0.3 is 10.4 Å². The van der Waals surface area contributed by atoms with Crippen molar-refractivity contribution in [3.05, 3.63) is 79.1 Å². The Morgan fingerprint density at radius 3 is 2.42 bits per heavy atom. The van der Waals surface area contributed by atoms with E-state index in [0.29, 0.717) is 5.56 Å². The number of para-hydroxylation sites is 2. The van der Waals surface area contributed by atoms with Gasteiger partial charge in [-0.3, -0.25) is 4.98 Å². The van der Waals surface area contributed by atoms with Crippen LogP contribution >= 0.6 is 0 Å². The van der Waals surface area contributed by atoms with Crippen LogP contribution in [0.2, 0.25) is 0 Å². The van der Waals surface area contributed by atoms with Gasteiger partial charge in [0.1, 0.15) is 5.75 Å². The summed E-state index contributed by atoms with van der Waals surface area (Å²) in [5.41, 5.74) is 4.19. The van der Waals surface area contributed by atoms with Gasteiger partial charge >= 0.3 is 0 Å². The van der Waals surface area contributed by atoms with E-state index in [0.717, 1.165) is 28.0 Å². The van der Waals surface area contributed by atoms with Gasteiger partial charge in [0.15, 0.2) is 0 Å². The number of benzene rings is 2. The molecule has 0 fully saturated rings. The van der Waals surface area contributed by atoms with Crippen molar-refractivity contribution in [2.45, 2.75) is 0 Å². The second-order valence-electron chi connectivity index (χ2n) is 5.45. The molecule has 0 saturated carbocycles. The molecule has 2 heterocycles. The summed E-state index contributed by atoms with van der Waals surface area (Å²) in [6.07, 6.45) is 3.49. The average molecular weight is 313 g/mol. The summed E-state index contributed by atoms with van der Waals surface area (Å²) in [6.45, 7) is 0. The molecule has 4 aromatic rings. The normalized spacial score (nSPS) is 10.7. The first kappa shape index (κ1) is 14.2. The number of hydrogen-bond donors (Lipinski definition) is 2. The molecule has 0 radical (unpaired) electrons. The van der Waals surface area contributed by atoms with Gasteiger partial charge in [-0.15, -0.1) is 0 Å². The van der Waals surface area contributed by atoms with Gasteiger partial charge in [-0.25, -0.2) is 4.98 Å². The standard InChI is InChI=1S/C20H15N3O/c24-20-8-4-2-6-16(20)19-13-18(22-14-9-11-21-12-10-14)15-5-1-3-7-17(15)23-19/h1-13,24H,(H,21,22,23). The lowest BCUT2D eigenvalue weighted by atomic mass is 10.1. The number of hydrogen-bond acceptors (Lipinski definition) is 4. The van der Waals surface area contributed by atoms with E-state index in [-0.39, 0.29) is 5.75 Å². The maximum absolute atomic E-state index is 10.1. The number of pyridine rings is 2. The van der Waals surface area contributed by atoms with Crippen molar-refractivity contribution >= 4 is 22.3 Å². The van der Waals surface area contributed by atoms with Crippen LogP contribution in [0.4, 0.5) is 11.4 Å². The van der Waals surface area contributed by atoms with E-state index in [1.165, 1.54) is 0 Å². The molecular weight excluding hydrogens is 298 g/mol. The first-order valence-corrected chi connectivity index (χ1v) is 7.66. The predicted octanol–water partition coefficient (Wildman–Crippen LogP) is 4.75. The van der Waals surface area contributed by atoms with E-state index in [9.17, 15) is 5.11 Å². The van der Waals surface area contributed by atoms with E-state index in [2.05, 4.69) is 10.3 Å². The number of aromatic nitrogens is 2. The summed E-state index contributed by atoms with van der Waals surface area (Å²) in [5, 5.41) is 14.6. The Morgan fingerprint density at radius 1 is 0.833 bits per heavy atom. The molecule has 0 aliphatic carbocycles. The van der Waals surface area contributed by atoms with Gasteiger partial charge in [0, 0.05) is 29.0 Å². The van der Waals surface area contributed by atoms with Crippen molar-refractivity contribution in [2.75, 3.05) is 5.32 Å². The molecule has 0 aliphatic heterocycles. The molecule has 116 valence electrons. The highest BCUT2D eigenvalue weighted by atomic mass is 16.3. The Morgan fingerprint density at radius 2 is 1.58 bits per heavy atom. The molecule has 0 aliphatic rings. The minimum Gasteiger partial charge on any atom is -0.507 e. The highest BCUT2D eigenvalue weighted by molar-refractivity contribution is 5.95. The SMILES string of the molecule is Oc1ccccc1-c1cc(Nc2ccncc2)c2ccccc2n1. The predicted molar refractivity (Wildman–Crippen MR) is 96.4 cm³/mol. The van der Waals surface area contributed by atoms with E-state index in [1.807, 2.05) is 54.6 Å². The summed E-state index contributed by atoms with van der Waals surface area (Å²) in [7, 11) is 0. The van der Waals surface area contributed by atoms with E-state index in [1.54, 1.807) is 24.5 Å². The smallest absolute Gasteiger partial charge is 0.124 e. The fraction of sp³-hybridized carbons (Fsp3) is 0. The third-order valence-electron chi connectivity index (χ3n) is 3.86. The van der Waals surface area contributed by atoms with Crippen molar-refractivity contribution in [3.8, 4) is 17.0 Å². The minimum absolute atomic E-state index is 0.218. The van der Waals surface area contributed by atoms with E-state index in [4.69, 9.17) is 4.98 Å². The zero-order chi connectivity index (χ0) is 16.4. The Labute approximate surface area is 139 Å². The van der Waals surface area contributed by atoms with Crippen molar-refractivity contribution in [1.82, 2.24) is 9.97 Å². The molecule has 2 aromatic heterocycles. The molecule has 0 saturated heterocycles. The minimum atomic E-state index is 0.218. The molecule has 2 N–H and O–H groups in total. The Balaban J connectivity index is 1.90. The topological polar surface area (TPSA) is 58.0 Å². The zero-order valence-corrected chi connectivity index (χ0v) is 12.8. The van der Waals surface area contributed by atoms with Gasteiger partial charge in [-0.2, -0.15) is 0 Å². The number of phenols is 1. The highest BCUT2D eigenvalue weighted by Crippen LogP contribution is 2.33. The fourth-order valence-electron chi connectivity index (χ4n) is 2.70. The quantitative estimate of drug-likeness (QED) is 0.573. The lowest BCUT2D eigenvalue weighted by molar-refractivity contribution is 0.477. The first-order valence-electron chi connectivity index (χ1n) is 7.66. The molecule has 2 aromatic carbocycles. The van der Waals surface area contributed by atoms with Gasteiger partial charge in [0.05, 0.1) is 16.9 Å². The van der Waals surface area contributed by atoms with Crippen LogP contribution in [0.3, 0.4) is 0 Å². The summed E-state index contributed by atoms with van der Waals surface area (Å²) in [5.74, 6) is 0.218. The number of phenolic OH excluding ortho intramolecular Hbond substituents is 1. The number of fused-ring (bicyclic) bond motifs is 1. The van der Waals surface area contributed by atoms with Crippen molar-refractivity contribution in [2.24, 2.45) is 0 Å². The number of aromatic hydroxyl groups is 1. The summed E-state index contributed by atoms with van der Waals surface area (Å²) >= 11 is 0. The first-order chi connectivity index (χ1) is 11.8. The van der Waals surface area contributed by atoms with Crippen LogP contribution in [0, 0.1) is 0 Å². The maximum Gasteiger partial charge on any atom is 0.124 e. The third-order valence-corrected chi connectivity index (χ3v) is 3.86. The molecule has 0 bridgehead atoms. The van der Waals surface area contributed by atoms with Gasteiger partial charge in [0.25, 0.3) is 0 Å². The number of rotatable bonds is 3. The highest BCUT2D eigenvalue weighted by Gasteiger charge is 2.10. The molecule has 0 unspecified atom stereocenters. The Hall–Kier alpha value is -3.40. The summed E-state index contributed by atoms with van der Waals surface area (Å²) < 4.78 is 0. The number of nitrogens with one attached hydrogen (secondary N) is 1. The summed E-state index contributed by atoms with van der Waals surface area (Å²) in [4.78, 5) is 8.74. The molecule has 0 atom stereocenters. The average Bonchev–Trinajstić information content (AvgIpc) is 2.63. The number of nitrogens with zero attached hydrogens (tertiary/aromatic N) is 2. The van der Waals surface area contributed by atoms with Crippen molar-refractivity contribution in [3.63, 3.8) is 0 Å². The molecule has 4 heteroatoms. The summed E-state index contributed by atoms with van der Waals surface area (Å²) in [6, 6.07) is 20.9. The van der Waals surface area contributed by atoms with Crippen LogP contribution in [0.1, 0.15) is 0 Å². The molecule has 0 spiro atoms. The molecule has 4 rings (SSSR count). The van der Waals surface area contributed by atoms with E-state index < -0.39 is 0 Å². The van der Waals surface area contributed by atoms with Crippen LogP contribution in [0.5, 0.6) is 5.75 Å². The lowest BCUT2D eigenvalue weighted by Crippen LogP contribution is -1.95. The van der Waals surface area contributed by atoms with Gasteiger partial charge in [0.2, 0.25) is 0 Å². The van der Waals surface area contributed by atoms with Crippen LogP contribution < -0.4 is 5.32 Å². The monoisotopic (exact) mass is 313 g/mol. The molecular formula is C20H15N3O. The molecule has 24 heavy (non-hydrogen) atoms. The Kier molecular flexibility index (Phi) is 3.56. The van der Waals surface area contributed by atoms with Crippen LogP contribution in [0.25, 0.3) is 22.2 Å². The lowest BCUT2D eigenvalue weighted by Gasteiger charge is -2.12. The van der Waals surface area contributed by atoms with Crippen LogP contribution in [-0.2, 0) is 0 Å². The second-order valence-corrected chi connectivity index (χ2v) is 5.45. The second kappa shape index (κ2) is 6.01. The molecule has 4 nitrogen and oxygen atoms in total. The van der Waals surface area contributed by atoms with Crippen LogP contribution in [-0.4, -0.2) is 15.1 Å². The van der Waals surface area contributed by atoms with E-state index >= 15 is 0 Å². The van der Waals surface area contributed by atoms with Crippen molar-refractivity contribution in [1.29, 1.82) is 0 Å².